The minimum Gasteiger partial charge on any atom is -0.329 e. The van der Waals surface area contributed by atoms with Crippen LogP contribution in [-0.4, -0.2) is 12.5 Å². The Bertz CT molecular complexity index is 407. The van der Waals surface area contributed by atoms with E-state index in [0.717, 1.165) is 15.7 Å². The summed E-state index contributed by atoms with van der Waals surface area (Å²) in [6.07, 6.45) is 0. The van der Waals surface area contributed by atoms with Gasteiger partial charge in [-0.05, 0) is 38.5 Å². The number of benzene rings is 1. The lowest BCUT2D eigenvalue weighted by Gasteiger charge is -2.22. The number of nitrogens with two attached hydrogens (primary N) is 1. The van der Waals surface area contributed by atoms with Gasteiger partial charge in [0.25, 0.3) is 0 Å². The van der Waals surface area contributed by atoms with Crippen LogP contribution < -0.4 is 11.1 Å². The van der Waals surface area contributed by atoms with Gasteiger partial charge in [-0.1, -0.05) is 22.0 Å². The summed E-state index contributed by atoms with van der Waals surface area (Å²) in [6.45, 7) is 5.94. The van der Waals surface area contributed by atoms with Crippen LogP contribution in [0, 0.1) is 12.3 Å². The molecule has 0 aliphatic heterocycles. The maximum Gasteiger partial charge on any atom is 0.231 e. The molecule has 1 aromatic rings. The Labute approximate surface area is 117 Å². The molecular weight excluding hydrogens is 304 g/mol. The molecule has 1 rings (SSSR count). The summed E-state index contributed by atoms with van der Waals surface area (Å²) in [5.74, 6) is -0.0591. The number of nitrogens with one attached hydrogen (secondary N) is 1. The van der Waals surface area contributed by atoms with Gasteiger partial charge in [-0.25, -0.2) is 0 Å². The highest BCUT2D eigenvalue weighted by atomic mass is 79.9. The molecule has 0 aliphatic rings. The van der Waals surface area contributed by atoms with Crippen molar-refractivity contribution in [2.24, 2.45) is 11.1 Å². The number of rotatable bonds is 3. The lowest BCUT2D eigenvalue weighted by atomic mass is 9.92. The molecule has 0 spiro atoms. The number of carbonyl (C=O) groups excluding carboxylic acids is 1. The molecule has 0 aliphatic carbocycles. The van der Waals surface area contributed by atoms with Crippen LogP contribution in [0.1, 0.15) is 19.4 Å². The molecule has 0 bridgehead atoms. The van der Waals surface area contributed by atoms with Crippen LogP contribution in [0.25, 0.3) is 0 Å². The summed E-state index contributed by atoms with van der Waals surface area (Å²) in [4.78, 5) is 11.9. The van der Waals surface area contributed by atoms with Crippen molar-refractivity contribution in [1.82, 2.24) is 0 Å². The van der Waals surface area contributed by atoms with Gasteiger partial charge in [0, 0.05) is 16.7 Å². The molecule has 0 saturated heterocycles. The highest BCUT2D eigenvalue weighted by Gasteiger charge is 2.26. The maximum atomic E-state index is 11.9. The van der Waals surface area contributed by atoms with E-state index in [1.807, 2.05) is 39.0 Å². The van der Waals surface area contributed by atoms with Crippen LogP contribution in [0.2, 0.25) is 0 Å². The van der Waals surface area contributed by atoms with Gasteiger partial charge in [-0.3, -0.25) is 4.79 Å². The van der Waals surface area contributed by atoms with Gasteiger partial charge in [0.15, 0.2) is 0 Å². The third kappa shape index (κ3) is 3.98. The monoisotopic (exact) mass is 320 g/mol. The zero-order valence-electron chi connectivity index (χ0n) is 10.2. The Kier molecular flexibility index (Phi) is 6.16. The highest BCUT2D eigenvalue weighted by Crippen LogP contribution is 2.25. The molecule has 1 aromatic carbocycles. The Hall–Kier alpha value is -0.580. The molecule has 0 unspecified atom stereocenters. The van der Waals surface area contributed by atoms with Gasteiger partial charge in [0.1, 0.15) is 0 Å². The van der Waals surface area contributed by atoms with Crippen LogP contribution in [0.5, 0.6) is 0 Å². The lowest BCUT2D eigenvalue weighted by molar-refractivity contribution is -0.123. The summed E-state index contributed by atoms with van der Waals surface area (Å²) in [5, 5.41) is 2.89. The van der Waals surface area contributed by atoms with Crippen molar-refractivity contribution in [3.63, 3.8) is 0 Å². The van der Waals surface area contributed by atoms with E-state index in [1.165, 1.54) is 0 Å². The van der Waals surface area contributed by atoms with Crippen LogP contribution in [-0.2, 0) is 4.79 Å². The van der Waals surface area contributed by atoms with E-state index in [0.29, 0.717) is 6.54 Å². The average molecular weight is 322 g/mol. The minimum atomic E-state index is -0.547. The molecular formula is C12H18BrClN2O. The second-order valence-corrected chi connectivity index (χ2v) is 5.31. The fourth-order valence-electron chi connectivity index (χ4n) is 1.13. The SMILES string of the molecule is Cc1c(Br)cccc1NC(=O)C(C)(C)CN.Cl. The third-order valence-electron chi connectivity index (χ3n) is 2.64. The fraction of sp³-hybridized carbons (Fsp3) is 0.417. The molecule has 0 radical (unpaired) electrons. The molecule has 96 valence electrons. The summed E-state index contributed by atoms with van der Waals surface area (Å²) in [7, 11) is 0. The Morgan fingerprint density at radius 1 is 1.47 bits per heavy atom. The van der Waals surface area contributed by atoms with E-state index in [4.69, 9.17) is 5.73 Å². The van der Waals surface area contributed by atoms with Gasteiger partial charge < -0.3 is 11.1 Å². The minimum absolute atomic E-state index is 0. The van der Waals surface area contributed by atoms with Crippen LogP contribution in [0.3, 0.4) is 0 Å². The number of halogens is 2. The van der Waals surface area contributed by atoms with Crippen molar-refractivity contribution in [3.8, 4) is 0 Å². The smallest absolute Gasteiger partial charge is 0.231 e. The van der Waals surface area contributed by atoms with Crippen molar-refractivity contribution in [2.75, 3.05) is 11.9 Å². The molecule has 3 nitrogen and oxygen atoms in total. The van der Waals surface area contributed by atoms with Gasteiger partial charge in [-0.15, -0.1) is 12.4 Å². The second-order valence-electron chi connectivity index (χ2n) is 4.45. The standard InChI is InChI=1S/C12H17BrN2O.ClH/c1-8-9(13)5-4-6-10(8)15-11(16)12(2,3)7-14;/h4-6H,7,14H2,1-3H3,(H,15,16);1H. The molecule has 0 aromatic heterocycles. The van der Waals surface area contributed by atoms with E-state index in [2.05, 4.69) is 21.2 Å². The number of hydrogen-bond donors (Lipinski definition) is 2. The normalized spacial score (nSPS) is 10.6. The Balaban J connectivity index is 0.00000256. The average Bonchev–Trinajstić information content (AvgIpc) is 2.24. The van der Waals surface area contributed by atoms with Gasteiger partial charge in [0.2, 0.25) is 5.91 Å². The van der Waals surface area contributed by atoms with Crippen molar-refractivity contribution >= 4 is 39.9 Å². The number of anilines is 1. The number of hydrogen-bond acceptors (Lipinski definition) is 2. The first-order chi connectivity index (χ1) is 7.38. The first kappa shape index (κ1) is 16.4. The summed E-state index contributed by atoms with van der Waals surface area (Å²) < 4.78 is 0.982. The zero-order valence-corrected chi connectivity index (χ0v) is 12.6. The van der Waals surface area contributed by atoms with E-state index < -0.39 is 5.41 Å². The molecule has 5 heteroatoms. The Morgan fingerprint density at radius 3 is 2.59 bits per heavy atom. The molecule has 1 amide bonds. The summed E-state index contributed by atoms with van der Waals surface area (Å²) >= 11 is 3.43. The van der Waals surface area contributed by atoms with Gasteiger partial charge >= 0.3 is 0 Å². The zero-order chi connectivity index (χ0) is 12.3. The topological polar surface area (TPSA) is 55.1 Å². The predicted molar refractivity (Wildman–Crippen MR) is 77.6 cm³/mol. The quantitative estimate of drug-likeness (QED) is 0.899. The summed E-state index contributed by atoms with van der Waals surface area (Å²) in [5.41, 5.74) is 6.85. The molecule has 17 heavy (non-hydrogen) atoms. The van der Waals surface area contributed by atoms with E-state index in [-0.39, 0.29) is 18.3 Å². The first-order valence-corrected chi connectivity index (χ1v) is 5.94. The van der Waals surface area contributed by atoms with E-state index >= 15 is 0 Å². The molecule has 0 atom stereocenters. The first-order valence-electron chi connectivity index (χ1n) is 5.15. The fourth-order valence-corrected chi connectivity index (χ4v) is 1.49. The third-order valence-corrected chi connectivity index (χ3v) is 3.50. The predicted octanol–water partition coefficient (Wildman–Crippen LogP) is 3.10. The molecule has 0 saturated carbocycles. The van der Waals surface area contributed by atoms with Crippen LogP contribution >= 0.6 is 28.3 Å². The van der Waals surface area contributed by atoms with Gasteiger partial charge in [0.05, 0.1) is 5.41 Å². The second kappa shape index (κ2) is 6.38. The maximum absolute atomic E-state index is 11.9. The van der Waals surface area contributed by atoms with Crippen molar-refractivity contribution in [2.45, 2.75) is 20.8 Å². The largest absolute Gasteiger partial charge is 0.329 e. The van der Waals surface area contributed by atoms with Gasteiger partial charge in [-0.2, -0.15) is 0 Å². The van der Waals surface area contributed by atoms with Crippen molar-refractivity contribution in [3.05, 3.63) is 28.2 Å². The molecule has 0 fully saturated rings. The lowest BCUT2D eigenvalue weighted by Crippen LogP contribution is -2.37. The summed E-state index contributed by atoms with van der Waals surface area (Å²) in [6, 6.07) is 5.71. The van der Waals surface area contributed by atoms with Crippen LogP contribution in [0.15, 0.2) is 22.7 Å². The van der Waals surface area contributed by atoms with Crippen LogP contribution in [0.4, 0.5) is 5.69 Å². The molecule has 0 heterocycles. The van der Waals surface area contributed by atoms with E-state index in [1.54, 1.807) is 0 Å². The van der Waals surface area contributed by atoms with Crippen molar-refractivity contribution < 1.29 is 4.79 Å². The van der Waals surface area contributed by atoms with E-state index in [9.17, 15) is 4.79 Å². The molecule has 3 N–H and O–H groups in total. The number of carbonyl (C=O) groups is 1. The highest BCUT2D eigenvalue weighted by molar-refractivity contribution is 9.10. The Morgan fingerprint density at radius 2 is 2.06 bits per heavy atom. The number of amides is 1. The van der Waals surface area contributed by atoms with Crippen molar-refractivity contribution in [1.29, 1.82) is 0 Å².